The third kappa shape index (κ3) is 8.03. The maximum Gasteiger partial charge on any atom is 0.338 e. The molecule has 0 radical (unpaired) electrons. The zero-order chi connectivity index (χ0) is 31.6. The van der Waals surface area contributed by atoms with E-state index >= 15 is 0 Å². The number of rotatable bonds is 12. The Morgan fingerprint density at radius 2 is 0.711 bits per heavy atom. The highest BCUT2D eigenvalue weighted by molar-refractivity contribution is 6.09. The van der Waals surface area contributed by atoms with Crippen LogP contribution in [0.5, 0.6) is 11.5 Å². The van der Waals surface area contributed by atoms with Gasteiger partial charge in [0, 0.05) is 22.3 Å². The van der Waals surface area contributed by atoms with Crippen LogP contribution in [0.25, 0.3) is 0 Å². The first kappa shape index (κ1) is 30.3. The minimum Gasteiger partial charge on any atom is -0.457 e. The smallest absolute Gasteiger partial charge is 0.338 e. The molecule has 0 aliphatic carbocycles. The van der Waals surface area contributed by atoms with Gasteiger partial charge in [0.15, 0.2) is 30.6 Å². The van der Waals surface area contributed by atoms with Gasteiger partial charge in [0.25, 0.3) is 0 Å². The average molecular weight is 599 g/mol. The molecule has 5 aromatic rings. The van der Waals surface area contributed by atoms with E-state index in [-0.39, 0.29) is 41.7 Å². The van der Waals surface area contributed by atoms with Gasteiger partial charge in [-0.05, 0) is 60.7 Å². The van der Waals surface area contributed by atoms with E-state index < -0.39 is 11.9 Å². The van der Waals surface area contributed by atoms with E-state index in [0.29, 0.717) is 33.8 Å². The lowest BCUT2D eigenvalue weighted by Gasteiger charge is -2.08. The fraction of sp³-hybridized carbons (Fsp3) is 0.0541. The summed E-state index contributed by atoms with van der Waals surface area (Å²) in [6.07, 6.45) is 0. The maximum absolute atomic E-state index is 13.0. The van der Waals surface area contributed by atoms with Crippen molar-refractivity contribution >= 4 is 29.3 Å². The number of esters is 2. The molecule has 5 rings (SSSR count). The van der Waals surface area contributed by atoms with E-state index in [1.165, 1.54) is 36.4 Å². The molecule has 0 bridgehead atoms. The molecule has 0 saturated carbocycles. The molecule has 45 heavy (non-hydrogen) atoms. The van der Waals surface area contributed by atoms with Crippen molar-refractivity contribution in [3.8, 4) is 11.5 Å². The Kier molecular flexibility index (Phi) is 9.67. The summed E-state index contributed by atoms with van der Waals surface area (Å²) >= 11 is 0. The molecule has 0 saturated heterocycles. The number of carbonyl (C=O) groups excluding carboxylic acids is 5. The highest BCUT2D eigenvalue weighted by Crippen LogP contribution is 2.23. The summed E-state index contributed by atoms with van der Waals surface area (Å²) in [4.78, 5) is 62.0. The van der Waals surface area contributed by atoms with Crippen LogP contribution in [0.2, 0.25) is 0 Å². The molecule has 0 aromatic heterocycles. The zero-order valence-corrected chi connectivity index (χ0v) is 23.9. The topological polar surface area (TPSA) is 113 Å². The van der Waals surface area contributed by atoms with E-state index in [1.54, 1.807) is 97.1 Å². The molecule has 222 valence electrons. The van der Waals surface area contributed by atoms with Gasteiger partial charge in [-0.2, -0.15) is 0 Å². The predicted octanol–water partition coefficient (Wildman–Crippen LogP) is 6.79. The minimum atomic E-state index is -0.664. The van der Waals surface area contributed by atoms with Gasteiger partial charge >= 0.3 is 11.9 Å². The molecular formula is C37H26O8. The second-order valence-corrected chi connectivity index (χ2v) is 9.79. The van der Waals surface area contributed by atoms with Crippen LogP contribution in [0.1, 0.15) is 57.4 Å². The van der Waals surface area contributed by atoms with Crippen molar-refractivity contribution in [3.05, 3.63) is 167 Å². The first-order valence-electron chi connectivity index (χ1n) is 13.9. The van der Waals surface area contributed by atoms with Crippen molar-refractivity contribution in [2.24, 2.45) is 0 Å². The number of carbonyl (C=O) groups is 5. The number of ketones is 3. The van der Waals surface area contributed by atoms with Crippen LogP contribution >= 0.6 is 0 Å². The van der Waals surface area contributed by atoms with Crippen molar-refractivity contribution in [1.29, 1.82) is 0 Å². The summed E-state index contributed by atoms with van der Waals surface area (Å²) in [7, 11) is 0. The van der Waals surface area contributed by atoms with Gasteiger partial charge in [-0.25, -0.2) is 9.59 Å². The van der Waals surface area contributed by atoms with E-state index in [0.717, 1.165) is 0 Å². The SMILES string of the molecule is O=C(COC(=O)c1ccc(Oc2ccc(C(=O)c3ccc(C(=O)OCC(=O)c4ccccc4)cc3)cc2)cc1)c1ccccc1. The third-order valence-electron chi connectivity index (χ3n) is 6.69. The molecule has 0 N–H and O–H groups in total. The first-order chi connectivity index (χ1) is 21.9. The van der Waals surface area contributed by atoms with Crippen molar-refractivity contribution in [2.75, 3.05) is 13.2 Å². The minimum absolute atomic E-state index is 0.219. The van der Waals surface area contributed by atoms with Crippen LogP contribution in [0.3, 0.4) is 0 Å². The standard InChI is InChI=1S/C37H26O8/c38-33(25-7-3-1-4-8-25)23-43-36(41)29-13-11-27(12-14-29)35(40)28-15-19-31(20-16-28)45-32-21-17-30(18-22-32)37(42)44-24-34(39)26-9-5-2-6-10-26/h1-22H,23-24H2. The van der Waals surface area contributed by atoms with Crippen LogP contribution < -0.4 is 4.74 Å². The van der Waals surface area contributed by atoms with Crippen LogP contribution in [-0.4, -0.2) is 42.5 Å². The Morgan fingerprint density at radius 1 is 0.378 bits per heavy atom. The van der Waals surface area contributed by atoms with Gasteiger partial charge in [0.1, 0.15) is 11.5 Å². The predicted molar refractivity (Wildman–Crippen MR) is 165 cm³/mol. The fourth-order valence-electron chi connectivity index (χ4n) is 4.24. The van der Waals surface area contributed by atoms with Gasteiger partial charge in [-0.15, -0.1) is 0 Å². The molecule has 0 unspecified atom stereocenters. The number of Topliss-reactive ketones (excluding diaryl/α,β-unsaturated/α-hetero) is 2. The number of ether oxygens (including phenoxy) is 3. The normalized spacial score (nSPS) is 10.4. The largest absolute Gasteiger partial charge is 0.457 e. The molecule has 8 heteroatoms. The maximum atomic E-state index is 13.0. The number of benzene rings is 5. The Morgan fingerprint density at radius 3 is 1.11 bits per heavy atom. The second-order valence-electron chi connectivity index (χ2n) is 9.79. The lowest BCUT2D eigenvalue weighted by Crippen LogP contribution is -2.14. The van der Waals surface area contributed by atoms with Crippen molar-refractivity contribution < 1.29 is 38.2 Å². The highest BCUT2D eigenvalue weighted by Gasteiger charge is 2.15. The quantitative estimate of drug-likeness (QED) is 0.114. The summed E-state index contributed by atoms with van der Waals surface area (Å²) in [6, 6.07) is 35.9. The van der Waals surface area contributed by atoms with Gasteiger partial charge in [0.05, 0.1) is 11.1 Å². The Balaban J connectivity index is 1.11. The highest BCUT2D eigenvalue weighted by atomic mass is 16.5. The van der Waals surface area contributed by atoms with E-state index in [1.807, 2.05) is 0 Å². The van der Waals surface area contributed by atoms with Crippen LogP contribution in [0.15, 0.2) is 133 Å². The van der Waals surface area contributed by atoms with E-state index in [4.69, 9.17) is 14.2 Å². The second kappa shape index (κ2) is 14.3. The molecular weight excluding hydrogens is 572 g/mol. The molecule has 0 heterocycles. The van der Waals surface area contributed by atoms with Crippen molar-refractivity contribution in [3.63, 3.8) is 0 Å². The third-order valence-corrected chi connectivity index (χ3v) is 6.69. The molecule has 0 spiro atoms. The van der Waals surface area contributed by atoms with E-state index in [2.05, 4.69) is 0 Å². The lowest BCUT2D eigenvalue weighted by atomic mass is 10.0. The lowest BCUT2D eigenvalue weighted by molar-refractivity contribution is 0.0472. The summed E-state index contributed by atoms with van der Waals surface area (Å²) in [5.74, 6) is -1.23. The van der Waals surface area contributed by atoms with Gasteiger partial charge in [0.2, 0.25) is 0 Å². The van der Waals surface area contributed by atoms with Crippen molar-refractivity contribution in [1.82, 2.24) is 0 Å². The first-order valence-corrected chi connectivity index (χ1v) is 13.9. The van der Waals surface area contributed by atoms with Crippen LogP contribution in [-0.2, 0) is 9.47 Å². The van der Waals surface area contributed by atoms with Gasteiger partial charge < -0.3 is 14.2 Å². The molecule has 0 fully saturated rings. The molecule has 0 atom stereocenters. The van der Waals surface area contributed by atoms with Gasteiger partial charge in [-0.3, -0.25) is 14.4 Å². The molecule has 0 aliphatic heterocycles. The molecule has 8 nitrogen and oxygen atoms in total. The Hall–Kier alpha value is -6.15. The number of hydrogen-bond acceptors (Lipinski definition) is 8. The van der Waals surface area contributed by atoms with Crippen LogP contribution in [0, 0.1) is 0 Å². The monoisotopic (exact) mass is 598 g/mol. The van der Waals surface area contributed by atoms with Crippen molar-refractivity contribution in [2.45, 2.75) is 0 Å². The summed E-state index contributed by atoms with van der Waals surface area (Å²) in [6.45, 7) is -0.744. The average Bonchev–Trinajstić information content (AvgIpc) is 3.10. The zero-order valence-electron chi connectivity index (χ0n) is 23.9. The Bertz CT molecular complexity index is 1810. The fourth-order valence-corrected chi connectivity index (χ4v) is 4.24. The van der Waals surface area contributed by atoms with Crippen LogP contribution in [0.4, 0.5) is 0 Å². The van der Waals surface area contributed by atoms with E-state index in [9.17, 15) is 24.0 Å². The summed E-state index contributed by atoms with van der Waals surface area (Å²) < 4.78 is 16.1. The number of hydrogen-bond donors (Lipinski definition) is 0. The Labute approximate surface area is 258 Å². The molecule has 0 amide bonds. The van der Waals surface area contributed by atoms with Gasteiger partial charge in [-0.1, -0.05) is 72.8 Å². The summed E-state index contributed by atoms with van der Waals surface area (Å²) in [5, 5.41) is 0. The molecule has 0 aliphatic rings. The summed E-state index contributed by atoms with van der Waals surface area (Å²) in [5.41, 5.74) is 2.18. The molecule has 5 aromatic carbocycles.